The quantitative estimate of drug-likeness (QED) is 0.470. The van der Waals surface area contributed by atoms with Crippen molar-refractivity contribution >= 4 is 5.91 Å². The van der Waals surface area contributed by atoms with Crippen LogP contribution in [0.3, 0.4) is 0 Å². The Morgan fingerprint density at radius 3 is 2.53 bits per heavy atom. The molecule has 2 aromatic carbocycles. The second-order valence-electron chi connectivity index (χ2n) is 9.62. The molecule has 1 spiro atoms. The number of likely N-dealkylation sites (tertiary alicyclic amines) is 1. The van der Waals surface area contributed by atoms with Crippen LogP contribution in [-0.4, -0.2) is 64.0 Å². The van der Waals surface area contributed by atoms with Gasteiger partial charge in [0, 0.05) is 25.5 Å². The topological polar surface area (TPSA) is 69.3 Å². The highest BCUT2D eigenvalue weighted by Gasteiger charge is 2.54. The molecule has 0 bridgehead atoms. The van der Waals surface area contributed by atoms with Crippen LogP contribution >= 0.6 is 0 Å². The van der Waals surface area contributed by atoms with E-state index in [4.69, 9.17) is 18.9 Å². The van der Waals surface area contributed by atoms with Crippen molar-refractivity contribution in [2.45, 2.75) is 57.2 Å². The minimum atomic E-state index is -0.146. The van der Waals surface area contributed by atoms with Gasteiger partial charge in [-0.15, -0.1) is 0 Å². The first-order chi connectivity index (χ1) is 17.6. The average molecular weight is 497 g/mol. The summed E-state index contributed by atoms with van der Waals surface area (Å²) in [6.45, 7) is 8.26. The van der Waals surface area contributed by atoms with Crippen molar-refractivity contribution in [3.05, 3.63) is 59.2 Å². The summed E-state index contributed by atoms with van der Waals surface area (Å²) >= 11 is 0. The van der Waals surface area contributed by atoms with Crippen LogP contribution in [0.25, 0.3) is 0 Å². The second kappa shape index (κ2) is 12.1. The van der Waals surface area contributed by atoms with Crippen molar-refractivity contribution in [1.82, 2.24) is 10.2 Å². The third-order valence-corrected chi connectivity index (χ3v) is 7.58. The number of fused-ring (bicyclic) bond motifs is 2. The predicted molar refractivity (Wildman–Crippen MR) is 140 cm³/mol. The normalized spacial score (nSPS) is 20.8. The molecule has 2 atom stereocenters. The van der Waals surface area contributed by atoms with E-state index in [0.717, 1.165) is 44.0 Å². The van der Waals surface area contributed by atoms with Gasteiger partial charge >= 0.3 is 0 Å². The summed E-state index contributed by atoms with van der Waals surface area (Å²) in [5.41, 5.74) is 3.58. The van der Waals surface area contributed by atoms with Gasteiger partial charge in [-0.2, -0.15) is 0 Å². The molecule has 1 aliphatic heterocycles. The van der Waals surface area contributed by atoms with Gasteiger partial charge in [0.05, 0.1) is 39.1 Å². The number of carbonyl (C=O) groups is 1. The van der Waals surface area contributed by atoms with E-state index >= 15 is 0 Å². The van der Waals surface area contributed by atoms with Crippen molar-refractivity contribution < 1.29 is 23.7 Å². The fraction of sp³-hybridized carbons (Fsp3) is 0.552. The van der Waals surface area contributed by atoms with Crippen LogP contribution in [0.4, 0.5) is 0 Å². The summed E-state index contributed by atoms with van der Waals surface area (Å²) in [5.74, 6) is 1.60. The zero-order valence-corrected chi connectivity index (χ0v) is 22.0. The van der Waals surface area contributed by atoms with Crippen molar-refractivity contribution in [1.29, 1.82) is 0 Å². The monoisotopic (exact) mass is 496 g/mol. The number of amides is 1. The maximum absolute atomic E-state index is 12.5. The van der Waals surface area contributed by atoms with E-state index in [1.165, 1.54) is 16.7 Å². The minimum Gasteiger partial charge on any atom is -0.493 e. The lowest BCUT2D eigenvalue weighted by Gasteiger charge is -2.44. The van der Waals surface area contributed by atoms with Gasteiger partial charge in [-0.25, -0.2) is 0 Å². The predicted octanol–water partition coefficient (Wildman–Crippen LogP) is 4.24. The SMILES string of the molecule is CCOc1cc(CN2CCC3(CC2)c2ccccc2[C@@H](NC(=O)CC)[C@@H]3OCCOC)ccc1OC. The molecule has 7 heteroatoms. The molecule has 0 radical (unpaired) electrons. The molecular formula is C29H40N2O5. The summed E-state index contributed by atoms with van der Waals surface area (Å²) in [6.07, 6.45) is 2.27. The highest BCUT2D eigenvalue weighted by molar-refractivity contribution is 5.76. The van der Waals surface area contributed by atoms with Gasteiger partial charge in [0.2, 0.25) is 5.91 Å². The molecule has 1 aliphatic carbocycles. The molecule has 1 saturated heterocycles. The zero-order valence-electron chi connectivity index (χ0n) is 22.0. The Morgan fingerprint density at radius 1 is 1.06 bits per heavy atom. The Bertz CT molecular complexity index is 1020. The first-order valence-corrected chi connectivity index (χ1v) is 13.1. The van der Waals surface area contributed by atoms with E-state index in [0.29, 0.717) is 26.2 Å². The molecule has 0 unspecified atom stereocenters. The van der Waals surface area contributed by atoms with Gasteiger partial charge in [-0.05, 0) is 61.7 Å². The standard InChI is InChI=1S/C29H40N2O5/c1-5-26(32)30-27-22-9-7-8-10-23(22)29(28(27)36-18-17-33-3)13-15-31(16-14-29)20-21-11-12-24(34-4)25(19-21)35-6-2/h7-12,19,27-28H,5-6,13-18,20H2,1-4H3,(H,30,32)/t27-,28+/m1/s1. The van der Waals surface area contributed by atoms with Crippen molar-refractivity contribution in [3.8, 4) is 11.5 Å². The minimum absolute atomic E-state index is 0.0502. The van der Waals surface area contributed by atoms with Gasteiger partial charge in [-0.1, -0.05) is 37.3 Å². The fourth-order valence-corrected chi connectivity index (χ4v) is 5.81. The van der Waals surface area contributed by atoms with E-state index in [2.05, 4.69) is 46.6 Å². The summed E-state index contributed by atoms with van der Waals surface area (Å²) in [6, 6.07) is 14.6. The third kappa shape index (κ3) is 5.38. The van der Waals surface area contributed by atoms with Crippen molar-refractivity contribution in [2.24, 2.45) is 0 Å². The summed E-state index contributed by atoms with van der Waals surface area (Å²) in [5, 5.41) is 3.27. The molecule has 1 fully saturated rings. The molecule has 7 nitrogen and oxygen atoms in total. The number of benzene rings is 2. The fourth-order valence-electron chi connectivity index (χ4n) is 5.81. The number of hydrogen-bond donors (Lipinski definition) is 1. The first-order valence-electron chi connectivity index (χ1n) is 13.1. The number of methoxy groups -OCH3 is 2. The highest BCUT2D eigenvalue weighted by Crippen LogP contribution is 2.52. The Kier molecular flexibility index (Phi) is 8.88. The zero-order chi connectivity index (χ0) is 25.5. The van der Waals surface area contributed by atoms with Crippen LogP contribution in [-0.2, 0) is 26.2 Å². The molecule has 196 valence electrons. The first kappa shape index (κ1) is 26.5. The Balaban J connectivity index is 1.54. The average Bonchev–Trinajstić information content (AvgIpc) is 3.14. The Hall–Kier alpha value is -2.61. The van der Waals surface area contributed by atoms with Crippen LogP contribution < -0.4 is 14.8 Å². The number of nitrogens with one attached hydrogen (secondary N) is 1. The summed E-state index contributed by atoms with van der Waals surface area (Å²) in [4.78, 5) is 15.0. The van der Waals surface area contributed by atoms with E-state index in [1.54, 1.807) is 14.2 Å². The van der Waals surface area contributed by atoms with Crippen LogP contribution in [0.2, 0.25) is 0 Å². The lowest BCUT2D eigenvalue weighted by atomic mass is 9.71. The number of carbonyl (C=O) groups excluding carboxylic acids is 1. The van der Waals surface area contributed by atoms with Crippen molar-refractivity contribution in [2.75, 3.05) is 47.1 Å². The molecular weight excluding hydrogens is 456 g/mol. The Morgan fingerprint density at radius 2 is 1.83 bits per heavy atom. The number of piperidine rings is 1. The highest BCUT2D eigenvalue weighted by atomic mass is 16.5. The molecule has 36 heavy (non-hydrogen) atoms. The maximum atomic E-state index is 12.5. The van der Waals surface area contributed by atoms with Gasteiger partial charge < -0.3 is 24.3 Å². The van der Waals surface area contributed by atoms with E-state index < -0.39 is 0 Å². The number of ether oxygens (including phenoxy) is 4. The molecule has 2 aliphatic rings. The van der Waals surface area contributed by atoms with Crippen molar-refractivity contribution in [3.63, 3.8) is 0 Å². The largest absolute Gasteiger partial charge is 0.493 e. The third-order valence-electron chi connectivity index (χ3n) is 7.58. The molecule has 1 heterocycles. The van der Waals surface area contributed by atoms with Crippen LogP contribution in [0.15, 0.2) is 42.5 Å². The molecule has 4 rings (SSSR count). The van der Waals surface area contributed by atoms with E-state index in [-0.39, 0.29) is 23.5 Å². The smallest absolute Gasteiger partial charge is 0.220 e. The number of hydrogen-bond acceptors (Lipinski definition) is 6. The Labute approximate surface area is 215 Å². The lowest BCUT2D eigenvalue weighted by Crippen LogP contribution is -2.51. The van der Waals surface area contributed by atoms with Gasteiger partial charge in [0.1, 0.15) is 0 Å². The molecule has 1 amide bonds. The number of nitrogens with zero attached hydrogens (tertiary/aromatic N) is 1. The van der Waals surface area contributed by atoms with E-state index in [1.807, 2.05) is 19.9 Å². The molecule has 1 N–H and O–H groups in total. The maximum Gasteiger partial charge on any atom is 0.220 e. The van der Waals surface area contributed by atoms with Gasteiger partial charge in [-0.3, -0.25) is 9.69 Å². The lowest BCUT2D eigenvalue weighted by molar-refractivity contribution is -0.124. The van der Waals surface area contributed by atoms with Crippen LogP contribution in [0.5, 0.6) is 11.5 Å². The summed E-state index contributed by atoms with van der Waals surface area (Å²) in [7, 11) is 3.36. The molecule has 0 saturated carbocycles. The summed E-state index contributed by atoms with van der Waals surface area (Å²) < 4.78 is 23.0. The van der Waals surface area contributed by atoms with E-state index in [9.17, 15) is 4.79 Å². The second-order valence-corrected chi connectivity index (χ2v) is 9.62. The van der Waals surface area contributed by atoms with Crippen LogP contribution in [0, 0.1) is 0 Å². The molecule has 0 aromatic heterocycles. The molecule has 2 aromatic rings. The van der Waals surface area contributed by atoms with Gasteiger partial charge in [0.25, 0.3) is 0 Å². The van der Waals surface area contributed by atoms with Crippen LogP contribution in [0.1, 0.15) is 55.8 Å². The number of rotatable bonds is 11. The van der Waals surface area contributed by atoms with Gasteiger partial charge in [0.15, 0.2) is 11.5 Å².